The molecule has 11 heteroatoms. The quantitative estimate of drug-likeness (QED) is 0.281. The van der Waals surface area contributed by atoms with Crippen LogP contribution in [0.5, 0.6) is 0 Å². The van der Waals surface area contributed by atoms with E-state index in [-0.39, 0.29) is 12.5 Å². The summed E-state index contributed by atoms with van der Waals surface area (Å²) < 4.78 is 76.2. The average molecular weight is 483 g/mol. The molecule has 1 aliphatic heterocycles. The molecule has 0 N–H and O–H groups in total. The summed E-state index contributed by atoms with van der Waals surface area (Å²) in [4.78, 5) is 39.3. The first kappa shape index (κ1) is 27.0. The second-order valence-corrected chi connectivity index (χ2v) is 9.95. The summed E-state index contributed by atoms with van der Waals surface area (Å²) in [5, 5.41) is 0. The van der Waals surface area contributed by atoms with Crippen molar-refractivity contribution in [2.75, 3.05) is 6.61 Å². The zero-order valence-corrected chi connectivity index (χ0v) is 19.3. The Hall–Kier alpha value is -2.20. The number of amides is 2. The van der Waals surface area contributed by atoms with Crippen LogP contribution in [0, 0.1) is 17.8 Å². The number of halogens is 5. The number of cyclic esters (lactones) is 1. The minimum atomic E-state index is -4.65. The van der Waals surface area contributed by atoms with Gasteiger partial charge in [0.25, 0.3) is 0 Å². The van der Waals surface area contributed by atoms with Crippen molar-refractivity contribution in [3.8, 4) is 0 Å². The van der Waals surface area contributed by atoms with Gasteiger partial charge in [0.15, 0.2) is 0 Å². The highest BCUT2D eigenvalue weighted by atomic mass is 19.4. The van der Waals surface area contributed by atoms with Crippen LogP contribution in [0.2, 0.25) is 0 Å². The summed E-state index contributed by atoms with van der Waals surface area (Å²) in [5.41, 5.74) is -1.49. The normalized spacial score (nSPS) is 22.8. The van der Waals surface area contributed by atoms with E-state index in [0.29, 0.717) is 0 Å². The Bertz CT molecular complexity index is 792. The molecule has 0 aromatic heterocycles. The smallest absolute Gasteiger partial charge is 0.417 e. The molecule has 2 atom stereocenters. The van der Waals surface area contributed by atoms with Gasteiger partial charge in [-0.3, -0.25) is 4.79 Å². The molecule has 0 radical (unpaired) electrons. The number of hydrogen-bond donors (Lipinski definition) is 0. The van der Waals surface area contributed by atoms with Gasteiger partial charge in [-0.15, -0.1) is 0 Å². The third-order valence-corrected chi connectivity index (χ3v) is 5.47. The third kappa shape index (κ3) is 7.40. The first-order chi connectivity index (χ1) is 14.9. The maximum atomic E-state index is 13.4. The molecule has 2 fully saturated rings. The molecule has 0 aromatic carbocycles. The van der Waals surface area contributed by atoms with Gasteiger partial charge in [-0.05, 0) is 39.0 Å². The van der Waals surface area contributed by atoms with Crippen LogP contribution >= 0.6 is 0 Å². The van der Waals surface area contributed by atoms with Gasteiger partial charge in [0.2, 0.25) is 11.8 Å². The molecular weight excluding hydrogens is 453 g/mol. The van der Waals surface area contributed by atoms with Gasteiger partial charge >= 0.3 is 18.2 Å². The number of allylic oxidation sites excluding steroid dienone is 1. The molecule has 0 spiro atoms. The average Bonchev–Trinajstić information content (AvgIpc) is 2.98. The van der Waals surface area contributed by atoms with Gasteiger partial charge in [-0.1, -0.05) is 19.9 Å². The summed E-state index contributed by atoms with van der Waals surface area (Å²) in [6, 6.07) is -0.730. The first-order valence-corrected chi connectivity index (χ1v) is 10.8. The lowest BCUT2D eigenvalue weighted by Crippen LogP contribution is -2.46. The minimum absolute atomic E-state index is 0.130. The summed E-state index contributed by atoms with van der Waals surface area (Å²) in [6.45, 7) is 7.86. The molecule has 1 saturated carbocycles. The van der Waals surface area contributed by atoms with Gasteiger partial charge in [-0.25, -0.2) is 23.3 Å². The summed E-state index contributed by atoms with van der Waals surface area (Å²) in [5.74, 6) is -7.84. The summed E-state index contributed by atoms with van der Waals surface area (Å²) >= 11 is 0. The second kappa shape index (κ2) is 9.58. The maximum absolute atomic E-state index is 13.4. The molecule has 1 heterocycles. The molecule has 2 amide bonds. The van der Waals surface area contributed by atoms with Gasteiger partial charge in [0.05, 0.1) is 12.0 Å². The van der Waals surface area contributed by atoms with Crippen LogP contribution in [0.4, 0.5) is 26.7 Å². The van der Waals surface area contributed by atoms with Crippen LogP contribution in [0.25, 0.3) is 0 Å². The Kier molecular flexibility index (Phi) is 7.85. The van der Waals surface area contributed by atoms with E-state index in [2.05, 4.69) is 0 Å². The number of imide groups is 1. The SMILES string of the molecule is CC(C)[C@H]1COC(=O)N1C(=O)[C@H](CCC(F)(F)F)/C(=C/C1CC(F)(F)C1)C(=O)OC(C)(C)C. The fourth-order valence-corrected chi connectivity index (χ4v) is 3.81. The topological polar surface area (TPSA) is 72.9 Å². The Morgan fingerprint density at radius 1 is 1.21 bits per heavy atom. The standard InChI is InChI=1S/C22H30F5NO5/c1-12(2)16-11-32-19(31)28(16)17(29)14(6-7-22(25,26)27)15(18(30)33-20(3,4)5)8-13-9-21(23,24)10-13/h8,12-14,16H,6-7,9-11H2,1-5H3/b15-8-/t14-,16-/m1/s1. The highest BCUT2D eigenvalue weighted by Gasteiger charge is 2.48. The van der Waals surface area contributed by atoms with Crippen molar-refractivity contribution < 1.29 is 45.8 Å². The van der Waals surface area contributed by atoms with Gasteiger partial charge < -0.3 is 9.47 Å². The van der Waals surface area contributed by atoms with Crippen LogP contribution in [0.3, 0.4) is 0 Å². The van der Waals surface area contributed by atoms with Crippen LogP contribution < -0.4 is 0 Å². The molecular formula is C22H30F5NO5. The number of carbonyl (C=O) groups is 3. The first-order valence-electron chi connectivity index (χ1n) is 10.8. The van der Waals surface area contributed by atoms with Crippen LogP contribution in [0.15, 0.2) is 11.6 Å². The van der Waals surface area contributed by atoms with Crippen molar-refractivity contribution in [1.82, 2.24) is 4.90 Å². The van der Waals surface area contributed by atoms with E-state index < -0.39 is 84.8 Å². The van der Waals surface area contributed by atoms with E-state index in [1.54, 1.807) is 13.8 Å². The van der Waals surface area contributed by atoms with Gasteiger partial charge in [0, 0.05) is 24.8 Å². The molecule has 0 bridgehead atoms. The van der Waals surface area contributed by atoms with Crippen LogP contribution in [-0.4, -0.2) is 53.2 Å². The predicted octanol–water partition coefficient (Wildman–Crippen LogP) is 5.26. The van der Waals surface area contributed by atoms with Crippen LogP contribution in [-0.2, 0) is 19.1 Å². The van der Waals surface area contributed by atoms with E-state index in [0.717, 1.165) is 11.0 Å². The summed E-state index contributed by atoms with van der Waals surface area (Å²) in [7, 11) is 0. The maximum Gasteiger partial charge on any atom is 0.417 e. The van der Waals surface area contributed by atoms with E-state index in [9.17, 15) is 36.3 Å². The van der Waals surface area contributed by atoms with Gasteiger partial charge in [-0.2, -0.15) is 13.2 Å². The molecule has 6 nitrogen and oxygen atoms in total. The molecule has 0 aromatic rings. The van der Waals surface area contributed by atoms with E-state index in [1.807, 2.05) is 0 Å². The van der Waals surface area contributed by atoms with Crippen molar-refractivity contribution in [2.45, 2.75) is 84.0 Å². The number of hydrogen-bond acceptors (Lipinski definition) is 5. The lowest BCUT2D eigenvalue weighted by molar-refractivity contribution is -0.155. The van der Waals surface area contributed by atoms with Gasteiger partial charge in [0.1, 0.15) is 12.2 Å². The van der Waals surface area contributed by atoms with E-state index in [1.165, 1.54) is 20.8 Å². The van der Waals surface area contributed by atoms with E-state index >= 15 is 0 Å². The molecule has 1 aliphatic carbocycles. The number of rotatable bonds is 7. The molecule has 33 heavy (non-hydrogen) atoms. The summed E-state index contributed by atoms with van der Waals surface area (Å²) in [6.07, 6.45) is -8.01. The number of alkyl halides is 5. The largest absolute Gasteiger partial charge is 0.457 e. The Balaban J connectivity index is 2.48. The molecule has 1 saturated heterocycles. The lowest BCUT2D eigenvalue weighted by atomic mass is 9.78. The highest BCUT2D eigenvalue weighted by molar-refractivity contribution is 6.02. The Labute approximate surface area is 189 Å². The Morgan fingerprint density at radius 2 is 1.79 bits per heavy atom. The second-order valence-electron chi connectivity index (χ2n) is 9.95. The fraction of sp³-hybridized carbons (Fsp3) is 0.773. The minimum Gasteiger partial charge on any atom is -0.457 e. The predicted molar refractivity (Wildman–Crippen MR) is 107 cm³/mol. The van der Waals surface area contributed by atoms with E-state index in [4.69, 9.17) is 9.47 Å². The van der Waals surface area contributed by atoms with Crippen molar-refractivity contribution in [2.24, 2.45) is 17.8 Å². The molecule has 2 rings (SSSR count). The number of esters is 1. The van der Waals surface area contributed by atoms with Crippen molar-refractivity contribution >= 4 is 18.0 Å². The number of carbonyl (C=O) groups excluding carboxylic acids is 3. The Morgan fingerprint density at radius 3 is 2.24 bits per heavy atom. The van der Waals surface area contributed by atoms with Crippen molar-refractivity contribution in [1.29, 1.82) is 0 Å². The van der Waals surface area contributed by atoms with Crippen molar-refractivity contribution in [3.63, 3.8) is 0 Å². The zero-order chi connectivity index (χ0) is 25.4. The molecule has 2 aliphatic rings. The lowest BCUT2D eigenvalue weighted by Gasteiger charge is -2.35. The number of nitrogens with zero attached hydrogens (tertiary/aromatic N) is 1. The monoisotopic (exact) mass is 483 g/mol. The third-order valence-electron chi connectivity index (χ3n) is 5.47. The van der Waals surface area contributed by atoms with Crippen LogP contribution in [0.1, 0.15) is 60.3 Å². The molecule has 0 unspecified atom stereocenters. The highest BCUT2D eigenvalue weighted by Crippen LogP contribution is 2.44. The zero-order valence-electron chi connectivity index (χ0n) is 19.3. The molecule has 188 valence electrons. The fourth-order valence-electron chi connectivity index (χ4n) is 3.81. The van der Waals surface area contributed by atoms with Crippen molar-refractivity contribution in [3.05, 3.63) is 11.6 Å². The number of ether oxygens (including phenoxy) is 2.